The molecule has 0 aliphatic rings. The monoisotopic (exact) mass is 284 g/mol. The van der Waals surface area contributed by atoms with Crippen LogP contribution in [0.15, 0.2) is 25.3 Å². The van der Waals surface area contributed by atoms with Crippen molar-refractivity contribution in [1.29, 1.82) is 0 Å². The van der Waals surface area contributed by atoms with Gasteiger partial charge in [0.05, 0.1) is 35.7 Å². The van der Waals surface area contributed by atoms with Gasteiger partial charge in [-0.15, -0.1) is 13.2 Å². The van der Waals surface area contributed by atoms with Crippen molar-refractivity contribution in [2.45, 2.75) is 0 Å². The Hall–Kier alpha value is -0.250. The van der Waals surface area contributed by atoms with E-state index in [1.54, 1.807) is 0 Å². The number of carboxylic acids is 4. The molecule has 100 valence electrons. The number of hydrogen-bond donors (Lipinski definition) is 0. The molecule has 0 aliphatic heterocycles. The molecule has 0 saturated heterocycles. The number of carbonyl (C=O) groups excluding carboxylic acids is 4. The SMILES string of the molecule is C=CC(C(=O)[O-])C(=O)[O-].C=CC(C(=O)[O-])C(=O)[O-].[Li+].[Li+].[Li+].[Li+]. The summed E-state index contributed by atoms with van der Waals surface area (Å²) < 4.78 is 0. The first-order chi connectivity index (χ1) is 8.18. The fourth-order valence-corrected chi connectivity index (χ4v) is 0.577. The van der Waals surface area contributed by atoms with Crippen LogP contribution in [0.4, 0.5) is 0 Å². The van der Waals surface area contributed by atoms with Crippen molar-refractivity contribution < 1.29 is 115 Å². The van der Waals surface area contributed by atoms with E-state index in [1.165, 1.54) is 0 Å². The number of hydrogen-bond acceptors (Lipinski definition) is 8. The molecule has 0 aromatic carbocycles. The van der Waals surface area contributed by atoms with E-state index in [9.17, 15) is 39.6 Å². The molecule has 0 amide bonds. The van der Waals surface area contributed by atoms with Gasteiger partial charge in [0.2, 0.25) is 0 Å². The normalized spacial score (nSPS) is 7.36. The summed E-state index contributed by atoms with van der Waals surface area (Å²) in [5.74, 6) is -10.2. The molecule has 0 heterocycles. The molecule has 0 aromatic heterocycles. The number of rotatable bonds is 6. The van der Waals surface area contributed by atoms with Crippen molar-refractivity contribution in [2.24, 2.45) is 11.8 Å². The average molecular weight is 284 g/mol. The minimum Gasteiger partial charge on any atom is -0.549 e. The maximum Gasteiger partial charge on any atom is 1.00 e. The Kier molecular flexibility index (Phi) is 35.6. The summed E-state index contributed by atoms with van der Waals surface area (Å²) in [4.78, 5) is 39.1. The van der Waals surface area contributed by atoms with Crippen molar-refractivity contribution in [3.8, 4) is 0 Å². The van der Waals surface area contributed by atoms with Crippen LogP contribution in [0.25, 0.3) is 0 Å². The van der Waals surface area contributed by atoms with Crippen molar-refractivity contribution in [1.82, 2.24) is 0 Å². The topological polar surface area (TPSA) is 161 Å². The van der Waals surface area contributed by atoms with E-state index in [2.05, 4.69) is 13.2 Å². The number of carboxylic acid groups (broad SMARTS) is 4. The minimum absolute atomic E-state index is 0. The van der Waals surface area contributed by atoms with Gasteiger partial charge >= 0.3 is 75.4 Å². The van der Waals surface area contributed by atoms with Gasteiger partial charge in [0.25, 0.3) is 0 Å². The molecule has 8 nitrogen and oxygen atoms in total. The first-order valence-corrected chi connectivity index (χ1v) is 4.27. The van der Waals surface area contributed by atoms with Crippen LogP contribution in [-0.2, 0) is 19.2 Å². The Morgan fingerprint density at radius 2 is 0.727 bits per heavy atom. The molecular weight excluding hydrogens is 276 g/mol. The third kappa shape index (κ3) is 17.8. The molecule has 0 saturated carbocycles. The molecule has 0 radical (unpaired) electrons. The first-order valence-electron chi connectivity index (χ1n) is 4.27. The van der Waals surface area contributed by atoms with Crippen molar-refractivity contribution in [3.05, 3.63) is 25.3 Å². The van der Waals surface area contributed by atoms with Gasteiger partial charge < -0.3 is 39.6 Å². The number of carbonyl (C=O) groups is 4. The van der Waals surface area contributed by atoms with Gasteiger partial charge in [0.1, 0.15) is 0 Å². The summed E-state index contributed by atoms with van der Waals surface area (Å²) in [6, 6.07) is 0. The maximum atomic E-state index is 9.77. The quantitative estimate of drug-likeness (QED) is 0.264. The van der Waals surface area contributed by atoms with Crippen LogP contribution < -0.4 is 95.9 Å². The summed E-state index contributed by atoms with van der Waals surface area (Å²) in [6.45, 7) is 5.92. The third-order valence-corrected chi connectivity index (χ3v) is 1.49. The molecule has 22 heavy (non-hydrogen) atoms. The molecule has 0 spiro atoms. The minimum atomic E-state index is -1.70. The predicted molar refractivity (Wildman–Crippen MR) is 47.4 cm³/mol. The van der Waals surface area contributed by atoms with Gasteiger partial charge in [-0.2, -0.15) is 0 Å². The van der Waals surface area contributed by atoms with Crippen molar-refractivity contribution >= 4 is 23.9 Å². The summed E-state index contributed by atoms with van der Waals surface area (Å²) in [6.07, 6.45) is 1.48. The molecule has 0 atom stereocenters. The van der Waals surface area contributed by atoms with E-state index in [0.717, 1.165) is 12.2 Å². The van der Waals surface area contributed by atoms with Crippen LogP contribution in [-0.4, -0.2) is 23.9 Å². The zero-order valence-corrected chi connectivity index (χ0v) is 13.0. The van der Waals surface area contributed by atoms with Crippen LogP contribution in [0.2, 0.25) is 0 Å². The van der Waals surface area contributed by atoms with Crippen LogP contribution in [0.5, 0.6) is 0 Å². The second kappa shape index (κ2) is 20.7. The molecule has 0 unspecified atom stereocenters. The average Bonchev–Trinajstić information content (AvgIpc) is 2.17. The molecule has 0 aliphatic carbocycles. The van der Waals surface area contributed by atoms with Crippen LogP contribution in [0, 0.1) is 11.8 Å². The Labute approximate surface area is 175 Å². The Morgan fingerprint density at radius 3 is 0.727 bits per heavy atom. The molecule has 0 N–H and O–H groups in total. The van der Waals surface area contributed by atoms with E-state index in [0.29, 0.717) is 0 Å². The molecule has 0 bridgehead atoms. The molecule has 12 heteroatoms. The van der Waals surface area contributed by atoms with Crippen LogP contribution in [0.1, 0.15) is 0 Å². The van der Waals surface area contributed by atoms with Crippen molar-refractivity contribution in [3.63, 3.8) is 0 Å². The van der Waals surface area contributed by atoms with Gasteiger partial charge in [-0.25, -0.2) is 0 Å². The van der Waals surface area contributed by atoms with Gasteiger partial charge in [0.15, 0.2) is 0 Å². The van der Waals surface area contributed by atoms with E-state index in [4.69, 9.17) is 0 Å². The summed E-state index contributed by atoms with van der Waals surface area (Å²) in [5, 5.41) is 39.1. The zero-order valence-electron chi connectivity index (χ0n) is 13.0. The first kappa shape index (κ1) is 37.8. The second-order valence-electron chi connectivity index (χ2n) is 2.70. The third-order valence-electron chi connectivity index (χ3n) is 1.49. The fraction of sp³-hybridized carbons (Fsp3) is 0.200. The zero-order chi connectivity index (χ0) is 14.9. The smallest absolute Gasteiger partial charge is 0.549 e. The summed E-state index contributed by atoms with van der Waals surface area (Å²) in [7, 11) is 0. The van der Waals surface area contributed by atoms with Crippen molar-refractivity contribution in [2.75, 3.05) is 0 Å². The van der Waals surface area contributed by atoms with Crippen LogP contribution >= 0.6 is 0 Å². The van der Waals surface area contributed by atoms with Gasteiger partial charge in [-0.05, 0) is 0 Å². The Balaban J connectivity index is -0.0000000492. The second-order valence-corrected chi connectivity index (χ2v) is 2.70. The van der Waals surface area contributed by atoms with Gasteiger partial charge in [-0.1, -0.05) is 12.2 Å². The van der Waals surface area contributed by atoms with Crippen LogP contribution in [0.3, 0.4) is 0 Å². The van der Waals surface area contributed by atoms with Gasteiger partial charge in [0, 0.05) is 0 Å². The molecule has 0 rings (SSSR count). The van der Waals surface area contributed by atoms with E-state index < -0.39 is 35.7 Å². The predicted octanol–water partition coefficient (Wildman–Crippen LogP) is -17.4. The standard InChI is InChI=1S/2C5H6O4.4Li/c2*1-2-3(4(6)7)5(8)9;;;;/h2*2-3H,1H2,(H,6,7)(H,8,9);;;;/q;;4*+1/p-4. The van der Waals surface area contributed by atoms with E-state index in [-0.39, 0.29) is 75.4 Å². The van der Waals surface area contributed by atoms with E-state index >= 15 is 0 Å². The van der Waals surface area contributed by atoms with E-state index in [1.807, 2.05) is 0 Å². The maximum absolute atomic E-state index is 9.77. The molecule has 0 aromatic rings. The largest absolute Gasteiger partial charge is 1.00 e. The molecule has 0 fully saturated rings. The molecular formula is C10H8Li4O8. The fourth-order valence-electron chi connectivity index (χ4n) is 0.577. The van der Waals surface area contributed by atoms with Gasteiger partial charge in [-0.3, -0.25) is 0 Å². The summed E-state index contributed by atoms with van der Waals surface area (Å²) in [5.41, 5.74) is 0. The Bertz CT molecular complexity index is 321. The Morgan fingerprint density at radius 1 is 0.591 bits per heavy atom. The number of aliphatic carboxylic acids is 4. The summed E-state index contributed by atoms with van der Waals surface area (Å²) >= 11 is 0.